The molecular formula is C30H26N6O2S. The van der Waals surface area contributed by atoms with Crippen molar-refractivity contribution in [3.05, 3.63) is 71.9 Å². The molecule has 0 bridgehead atoms. The summed E-state index contributed by atoms with van der Waals surface area (Å²) >= 11 is 1.50. The Morgan fingerprint density at radius 3 is 2.79 bits per heavy atom. The van der Waals surface area contributed by atoms with Crippen molar-refractivity contribution < 1.29 is 9.90 Å². The monoisotopic (exact) mass is 534 g/mol. The maximum atomic E-state index is 11.8. The number of anilines is 1. The Labute approximate surface area is 228 Å². The Kier molecular flexibility index (Phi) is 5.75. The summed E-state index contributed by atoms with van der Waals surface area (Å²) in [5.41, 5.74) is 7.62. The number of carbonyl (C=O) groups excluding carboxylic acids is 1. The highest BCUT2D eigenvalue weighted by atomic mass is 32.1. The predicted molar refractivity (Wildman–Crippen MR) is 155 cm³/mol. The summed E-state index contributed by atoms with van der Waals surface area (Å²) in [6, 6.07) is 18.0. The fourth-order valence-electron chi connectivity index (χ4n) is 5.12. The Hall–Kier alpha value is -4.34. The second-order valence-corrected chi connectivity index (χ2v) is 11.2. The zero-order valence-electron chi connectivity index (χ0n) is 21.2. The van der Waals surface area contributed by atoms with E-state index in [2.05, 4.69) is 37.6 Å². The van der Waals surface area contributed by atoms with Crippen molar-refractivity contribution in [1.82, 2.24) is 25.1 Å². The average Bonchev–Trinajstić information content (AvgIpc) is 3.65. The predicted octanol–water partition coefficient (Wildman–Crippen LogP) is 6.63. The van der Waals surface area contributed by atoms with E-state index in [0.717, 1.165) is 78.4 Å². The first-order valence-electron chi connectivity index (χ1n) is 13.0. The van der Waals surface area contributed by atoms with Gasteiger partial charge in [0.05, 0.1) is 33.7 Å². The van der Waals surface area contributed by atoms with Crippen molar-refractivity contribution in [2.75, 3.05) is 5.32 Å². The molecule has 4 N–H and O–H groups in total. The number of Topliss-reactive ketones (excluding diaryl/α,β-unsaturated/α-hetero) is 1. The van der Waals surface area contributed by atoms with Gasteiger partial charge in [-0.25, -0.2) is 4.98 Å². The fraction of sp³-hybridized carbons (Fsp3) is 0.200. The largest absolute Gasteiger partial charge is 0.374 e. The molecule has 1 aromatic carbocycles. The van der Waals surface area contributed by atoms with Crippen LogP contribution >= 0.6 is 11.3 Å². The van der Waals surface area contributed by atoms with E-state index in [9.17, 15) is 9.90 Å². The van der Waals surface area contributed by atoms with Crippen LogP contribution in [0, 0.1) is 5.92 Å². The molecule has 0 radical (unpaired) electrons. The fourth-order valence-corrected chi connectivity index (χ4v) is 6.06. The van der Waals surface area contributed by atoms with Crippen molar-refractivity contribution in [3.63, 3.8) is 0 Å². The highest BCUT2D eigenvalue weighted by Gasteiger charge is 2.25. The van der Waals surface area contributed by atoms with Crippen LogP contribution in [-0.4, -0.2) is 42.3 Å². The molecule has 6 aromatic rings. The van der Waals surface area contributed by atoms with E-state index in [4.69, 9.17) is 4.98 Å². The Morgan fingerprint density at radius 2 is 2.00 bits per heavy atom. The number of nitrogens with zero attached hydrogens (tertiary/aromatic N) is 3. The Morgan fingerprint density at radius 1 is 1.10 bits per heavy atom. The standard InChI is InChI=1S/C30H26N6O2S/c1-16(37)26-10-11-27(39-26)20-6-3-7-23-21(20)13-25(33-23)29-28-24(35-36-29)9-8-22(34-28)18-12-19(15-31-14-18)32-30(38)17-4-2-5-17/h3,6-15,17,30,32-33,38H,2,4-5H2,1H3,(H,35,36). The lowest BCUT2D eigenvalue weighted by molar-refractivity contribution is 0.0851. The number of thiophene rings is 1. The quantitative estimate of drug-likeness (QED) is 0.135. The van der Waals surface area contributed by atoms with Crippen LogP contribution in [0.1, 0.15) is 35.9 Å². The van der Waals surface area contributed by atoms with Crippen LogP contribution < -0.4 is 5.32 Å². The lowest BCUT2D eigenvalue weighted by Crippen LogP contribution is -2.33. The van der Waals surface area contributed by atoms with Crippen molar-refractivity contribution >= 4 is 44.7 Å². The zero-order chi connectivity index (χ0) is 26.5. The van der Waals surface area contributed by atoms with Gasteiger partial charge in [-0.15, -0.1) is 11.3 Å². The molecule has 1 saturated carbocycles. The van der Waals surface area contributed by atoms with Gasteiger partial charge in [0.1, 0.15) is 17.4 Å². The molecule has 0 amide bonds. The number of pyridine rings is 2. The number of hydrogen-bond donors (Lipinski definition) is 4. The number of aromatic amines is 2. The molecule has 1 fully saturated rings. The molecule has 7 rings (SSSR count). The second kappa shape index (κ2) is 9.44. The molecule has 0 aliphatic heterocycles. The highest BCUT2D eigenvalue weighted by Crippen LogP contribution is 2.37. The topological polar surface area (TPSA) is 120 Å². The molecule has 1 aliphatic carbocycles. The third-order valence-electron chi connectivity index (χ3n) is 7.49. The number of carbonyl (C=O) groups is 1. The third kappa shape index (κ3) is 4.29. The molecule has 5 heterocycles. The van der Waals surface area contributed by atoms with Crippen LogP contribution in [0.2, 0.25) is 0 Å². The minimum absolute atomic E-state index is 0.0733. The van der Waals surface area contributed by atoms with E-state index in [-0.39, 0.29) is 5.78 Å². The number of ketones is 1. The molecule has 1 unspecified atom stereocenters. The van der Waals surface area contributed by atoms with Crippen LogP contribution in [0.5, 0.6) is 0 Å². The maximum Gasteiger partial charge on any atom is 0.169 e. The SMILES string of the molecule is CC(=O)c1ccc(-c2cccc3[nH]c(-c4n[nH]c5ccc(-c6cncc(NC(O)C7CCC7)c6)nc45)cc23)s1. The number of hydrogen-bond acceptors (Lipinski definition) is 7. The number of benzene rings is 1. The molecule has 0 spiro atoms. The van der Waals surface area contributed by atoms with Crippen LogP contribution in [0.4, 0.5) is 5.69 Å². The third-order valence-corrected chi connectivity index (χ3v) is 8.71. The smallest absolute Gasteiger partial charge is 0.169 e. The summed E-state index contributed by atoms with van der Waals surface area (Å²) in [7, 11) is 0. The Balaban J connectivity index is 1.25. The average molecular weight is 535 g/mol. The highest BCUT2D eigenvalue weighted by molar-refractivity contribution is 7.17. The summed E-state index contributed by atoms with van der Waals surface area (Å²) in [5, 5.41) is 22.4. The first-order chi connectivity index (χ1) is 19.0. The Bertz CT molecular complexity index is 1850. The number of aliphatic hydroxyl groups excluding tert-OH is 1. The van der Waals surface area contributed by atoms with E-state index < -0.39 is 6.23 Å². The first kappa shape index (κ1) is 23.8. The summed E-state index contributed by atoms with van der Waals surface area (Å²) in [5.74, 6) is 0.369. The zero-order valence-corrected chi connectivity index (χ0v) is 22.0. The summed E-state index contributed by atoms with van der Waals surface area (Å²) < 4.78 is 0. The van der Waals surface area contributed by atoms with Crippen LogP contribution in [0.3, 0.4) is 0 Å². The number of nitrogens with one attached hydrogen (secondary N) is 3. The van der Waals surface area contributed by atoms with Crippen molar-refractivity contribution in [2.24, 2.45) is 5.92 Å². The van der Waals surface area contributed by atoms with Gasteiger partial charge in [0.2, 0.25) is 0 Å². The minimum Gasteiger partial charge on any atom is -0.374 e. The van der Waals surface area contributed by atoms with Gasteiger partial charge in [0.25, 0.3) is 0 Å². The van der Waals surface area contributed by atoms with Gasteiger partial charge in [0, 0.05) is 39.0 Å². The van der Waals surface area contributed by atoms with E-state index in [0.29, 0.717) is 5.92 Å². The van der Waals surface area contributed by atoms with Gasteiger partial charge >= 0.3 is 0 Å². The molecule has 8 nitrogen and oxygen atoms in total. The molecule has 5 aromatic heterocycles. The summed E-state index contributed by atoms with van der Waals surface area (Å²) in [4.78, 5) is 26.5. The van der Waals surface area contributed by atoms with Crippen LogP contribution in [0.15, 0.2) is 67.0 Å². The molecule has 1 aliphatic rings. The minimum atomic E-state index is -0.568. The lowest BCUT2D eigenvalue weighted by atomic mass is 9.84. The van der Waals surface area contributed by atoms with E-state index in [1.807, 2.05) is 42.5 Å². The molecular weight excluding hydrogens is 508 g/mol. The van der Waals surface area contributed by atoms with Gasteiger partial charge in [-0.1, -0.05) is 18.6 Å². The van der Waals surface area contributed by atoms with E-state index in [1.165, 1.54) is 17.8 Å². The molecule has 0 saturated heterocycles. The number of H-pyrrole nitrogens is 2. The summed E-state index contributed by atoms with van der Waals surface area (Å²) in [6.07, 6.45) is 6.20. The number of aliphatic hydroxyl groups is 1. The molecule has 39 heavy (non-hydrogen) atoms. The number of rotatable bonds is 7. The lowest BCUT2D eigenvalue weighted by Gasteiger charge is -2.31. The van der Waals surface area contributed by atoms with Crippen LogP contribution in [0.25, 0.3) is 55.0 Å². The van der Waals surface area contributed by atoms with Crippen molar-refractivity contribution in [2.45, 2.75) is 32.4 Å². The first-order valence-corrected chi connectivity index (χ1v) is 13.8. The second-order valence-electron chi connectivity index (χ2n) is 10.1. The van der Waals surface area contributed by atoms with Gasteiger partial charge in [-0.05, 0) is 62.2 Å². The van der Waals surface area contributed by atoms with Crippen LogP contribution in [-0.2, 0) is 0 Å². The van der Waals surface area contributed by atoms with Crippen molar-refractivity contribution in [1.29, 1.82) is 0 Å². The number of aromatic nitrogens is 5. The number of fused-ring (bicyclic) bond motifs is 2. The molecule has 9 heteroatoms. The van der Waals surface area contributed by atoms with Gasteiger partial charge in [-0.2, -0.15) is 5.10 Å². The molecule has 194 valence electrons. The van der Waals surface area contributed by atoms with Gasteiger partial charge in [0.15, 0.2) is 5.78 Å². The summed E-state index contributed by atoms with van der Waals surface area (Å²) in [6.45, 7) is 1.59. The van der Waals surface area contributed by atoms with Crippen molar-refractivity contribution in [3.8, 4) is 33.1 Å². The van der Waals surface area contributed by atoms with E-state index >= 15 is 0 Å². The van der Waals surface area contributed by atoms with Gasteiger partial charge < -0.3 is 15.4 Å². The van der Waals surface area contributed by atoms with E-state index in [1.54, 1.807) is 19.3 Å². The maximum absolute atomic E-state index is 11.8. The van der Waals surface area contributed by atoms with Gasteiger partial charge in [-0.3, -0.25) is 14.9 Å². The normalized spacial score (nSPS) is 14.5. The molecule has 1 atom stereocenters.